The second kappa shape index (κ2) is 9.73. The maximum absolute atomic E-state index is 12.7. The molecule has 7 heteroatoms. The van der Waals surface area contributed by atoms with E-state index < -0.39 is 10.0 Å². The number of rotatable bonds is 7. The lowest BCUT2D eigenvalue weighted by atomic mass is 10.0. The molecule has 1 saturated heterocycles. The van der Waals surface area contributed by atoms with Gasteiger partial charge >= 0.3 is 0 Å². The number of carbonyl (C=O) groups excluding carboxylic acids is 1. The number of benzene rings is 2. The molecule has 30 heavy (non-hydrogen) atoms. The van der Waals surface area contributed by atoms with Crippen molar-refractivity contribution in [3.63, 3.8) is 0 Å². The van der Waals surface area contributed by atoms with Crippen molar-refractivity contribution >= 4 is 15.9 Å². The number of hydrogen-bond acceptors (Lipinski definition) is 4. The Morgan fingerprint density at radius 3 is 2.30 bits per heavy atom. The number of carbonyl (C=O) groups is 1. The summed E-state index contributed by atoms with van der Waals surface area (Å²) in [4.78, 5) is 14.5. The molecule has 0 aliphatic carbocycles. The molecule has 0 saturated carbocycles. The molecule has 1 N–H and O–H groups in total. The van der Waals surface area contributed by atoms with Crippen molar-refractivity contribution in [1.82, 2.24) is 14.5 Å². The Hall–Kier alpha value is -2.22. The van der Waals surface area contributed by atoms with Crippen LogP contribution >= 0.6 is 0 Å². The van der Waals surface area contributed by atoms with Gasteiger partial charge in [-0.1, -0.05) is 48.5 Å². The Balaban J connectivity index is 1.48. The molecule has 1 atom stereocenters. The maximum Gasteiger partial charge on any atom is 0.234 e. The number of sulfonamides is 1. The van der Waals surface area contributed by atoms with Crippen molar-refractivity contribution in [2.24, 2.45) is 0 Å². The van der Waals surface area contributed by atoms with Crippen LogP contribution in [0, 0.1) is 13.8 Å². The van der Waals surface area contributed by atoms with Gasteiger partial charge < -0.3 is 5.32 Å². The molecule has 1 fully saturated rings. The zero-order chi connectivity index (χ0) is 21.7. The molecule has 6 nitrogen and oxygen atoms in total. The summed E-state index contributed by atoms with van der Waals surface area (Å²) in [6.07, 6.45) is 0. The number of amides is 1. The van der Waals surface area contributed by atoms with Crippen molar-refractivity contribution in [2.45, 2.75) is 32.6 Å². The Morgan fingerprint density at radius 1 is 1.00 bits per heavy atom. The fourth-order valence-electron chi connectivity index (χ4n) is 3.65. The van der Waals surface area contributed by atoms with E-state index in [0.717, 1.165) is 11.1 Å². The SMILES string of the molecule is Cc1ccc(C(C)NC(=O)CN2CCN(S(=O)(=O)Cc3ccccc3)CC2)cc1C. The normalized spacial score (nSPS) is 16.9. The molecule has 2 aromatic carbocycles. The Kier molecular flexibility index (Phi) is 7.28. The predicted molar refractivity (Wildman–Crippen MR) is 120 cm³/mol. The van der Waals surface area contributed by atoms with E-state index in [1.807, 2.05) is 48.2 Å². The van der Waals surface area contributed by atoms with Gasteiger partial charge in [0, 0.05) is 26.2 Å². The van der Waals surface area contributed by atoms with Gasteiger partial charge in [0.15, 0.2) is 0 Å². The van der Waals surface area contributed by atoms with Crippen molar-refractivity contribution in [2.75, 3.05) is 32.7 Å². The molecule has 162 valence electrons. The number of piperazine rings is 1. The van der Waals surface area contributed by atoms with Crippen LogP contribution in [0.4, 0.5) is 0 Å². The minimum Gasteiger partial charge on any atom is -0.348 e. The van der Waals surface area contributed by atoms with Crippen molar-refractivity contribution in [1.29, 1.82) is 0 Å². The van der Waals surface area contributed by atoms with E-state index in [0.29, 0.717) is 26.2 Å². The van der Waals surface area contributed by atoms with Gasteiger partial charge in [0.2, 0.25) is 15.9 Å². The van der Waals surface area contributed by atoms with Crippen LogP contribution < -0.4 is 5.32 Å². The molecule has 1 aliphatic heterocycles. The molecule has 3 rings (SSSR count). The Labute approximate surface area is 179 Å². The van der Waals surface area contributed by atoms with E-state index in [1.54, 1.807) is 0 Å². The summed E-state index contributed by atoms with van der Waals surface area (Å²) in [6.45, 7) is 8.34. The number of nitrogens with zero attached hydrogens (tertiary/aromatic N) is 2. The monoisotopic (exact) mass is 429 g/mol. The van der Waals surface area contributed by atoms with Gasteiger partial charge in [-0.15, -0.1) is 0 Å². The van der Waals surface area contributed by atoms with E-state index >= 15 is 0 Å². The van der Waals surface area contributed by atoms with E-state index in [1.165, 1.54) is 15.4 Å². The first-order valence-electron chi connectivity index (χ1n) is 10.4. The lowest BCUT2D eigenvalue weighted by molar-refractivity contribution is -0.123. The minimum absolute atomic E-state index is 0.0157. The highest BCUT2D eigenvalue weighted by Gasteiger charge is 2.28. The standard InChI is InChI=1S/C23H31N3O3S/c1-18-9-10-22(15-19(18)2)20(3)24-23(27)16-25-11-13-26(14-12-25)30(28,29)17-21-7-5-4-6-8-21/h4-10,15,20H,11-14,16-17H2,1-3H3,(H,24,27). The molecular weight excluding hydrogens is 398 g/mol. The summed E-state index contributed by atoms with van der Waals surface area (Å²) in [6, 6.07) is 15.4. The molecule has 1 amide bonds. The summed E-state index contributed by atoms with van der Waals surface area (Å²) in [7, 11) is -3.34. The quantitative estimate of drug-likeness (QED) is 0.735. The zero-order valence-electron chi connectivity index (χ0n) is 18.0. The van der Waals surface area contributed by atoms with Crippen LogP contribution in [0.25, 0.3) is 0 Å². The smallest absolute Gasteiger partial charge is 0.234 e. The lowest BCUT2D eigenvalue weighted by Crippen LogP contribution is -2.51. The Bertz CT molecular complexity index is 968. The highest BCUT2D eigenvalue weighted by atomic mass is 32.2. The number of hydrogen-bond donors (Lipinski definition) is 1. The largest absolute Gasteiger partial charge is 0.348 e. The van der Waals surface area contributed by atoms with Crippen LogP contribution in [0.5, 0.6) is 0 Å². The Morgan fingerprint density at radius 2 is 1.67 bits per heavy atom. The van der Waals surface area contributed by atoms with E-state index in [-0.39, 0.29) is 24.2 Å². The van der Waals surface area contributed by atoms with Gasteiger partial charge in [0.1, 0.15) is 0 Å². The maximum atomic E-state index is 12.7. The molecule has 1 unspecified atom stereocenters. The van der Waals surface area contributed by atoms with E-state index in [9.17, 15) is 13.2 Å². The molecule has 0 spiro atoms. The van der Waals surface area contributed by atoms with Crippen molar-refractivity contribution < 1.29 is 13.2 Å². The minimum atomic E-state index is -3.34. The topological polar surface area (TPSA) is 69.7 Å². The zero-order valence-corrected chi connectivity index (χ0v) is 18.8. The highest BCUT2D eigenvalue weighted by molar-refractivity contribution is 7.88. The van der Waals surface area contributed by atoms with Gasteiger partial charge in [-0.2, -0.15) is 4.31 Å². The first-order chi connectivity index (χ1) is 14.2. The second-order valence-electron chi connectivity index (χ2n) is 8.05. The fraction of sp³-hybridized carbons (Fsp3) is 0.435. The van der Waals surface area contributed by atoms with Crippen molar-refractivity contribution in [3.8, 4) is 0 Å². The van der Waals surface area contributed by atoms with Crippen LogP contribution in [-0.4, -0.2) is 56.3 Å². The molecule has 1 aliphatic rings. The first kappa shape index (κ1) is 22.5. The predicted octanol–water partition coefficient (Wildman–Crippen LogP) is 2.63. The van der Waals surface area contributed by atoms with Gasteiger partial charge in [-0.05, 0) is 43.0 Å². The van der Waals surface area contributed by atoms with Gasteiger partial charge in [-0.3, -0.25) is 9.69 Å². The van der Waals surface area contributed by atoms with Crippen molar-refractivity contribution in [3.05, 3.63) is 70.8 Å². The van der Waals surface area contributed by atoms with Gasteiger partial charge in [0.25, 0.3) is 0 Å². The number of aryl methyl sites for hydroxylation is 2. The third kappa shape index (κ3) is 5.90. The van der Waals surface area contributed by atoms with Gasteiger partial charge in [-0.25, -0.2) is 8.42 Å². The van der Waals surface area contributed by atoms with Crippen LogP contribution in [-0.2, 0) is 20.6 Å². The third-order valence-corrected chi connectivity index (χ3v) is 7.54. The van der Waals surface area contributed by atoms with Gasteiger partial charge in [0.05, 0.1) is 18.3 Å². The summed E-state index contributed by atoms with van der Waals surface area (Å²) in [5.41, 5.74) is 4.32. The van der Waals surface area contributed by atoms with E-state index in [2.05, 4.69) is 31.3 Å². The second-order valence-corrected chi connectivity index (χ2v) is 10.0. The molecule has 1 heterocycles. The van der Waals surface area contributed by atoms with Crippen LogP contribution in [0.3, 0.4) is 0 Å². The fourth-order valence-corrected chi connectivity index (χ4v) is 5.17. The highest BCUT2D eigenvalue weighted by Crippen LogP contribution is 2.17. The molecule has 0 aromatic heterocycles. The average molecular weight is 430 g/mol. The lowest BCUT2D eigenvalue weighted by Gasteiger charge is -2.33. The van der Waals surface area contributed by atoms with Crippen LogP contribution in [0.1, 0.15) is 35.2 Å². The van der Waals surface area contributed by atoms with Crippen LogP contribution in [0.2, 0.25) is 0 Å². The molecular formula is C23H31N3O3S. The molecule has 0 radical (unpaired) electrons. The summed E-state index contributed by atoms with van der Waals surface area (Å²) in [5.74, 6) is -0.0248. The summed E-state index contributed by atoms with van der Waals surface area (Å²) < 4.78 is 26.9. The third-order valence-electron chi connectivity index (χ3n) is 5.69. The number of nitrogens with one attached hydrogen (secondary N) is 1. The van der Waals surface area contributed by atoms with E-state index in [4.69, 9.17) is 0 Å². The first-order valence-corrected chi connectivity index (χ1v) is 12.0. The summed E-state index contributed by atoms with van der Waals surface area (Å²) in [5, 5.41) is 3.05. The average Bonchev–Trinajstić information content (AvgIpc) is 2.70. The van der Waals surface area contributed by atoms with Crippen LogP contribution in [0.15, 0.2) is 48.5 Å². The summed E-state index contributed by atoms with van der Waals surface area (Å²) >= 11 is 0. The molecule has 0 bridgehead atoms. The molecule has 2 aromatic rings.